The predicted octanol–water partition coefficient (Wildman–Crippen LogP) is 11.1. The van der Waals surface area contributed by atoms with Crippen molar-refractivity contribution in [2.24, 2.45) is 0 Å². The number of alkyl halides is 3. The number of fused-ring (bicyclic) bond motifs is 6. The summed E-state index contributed by atoms with van der Waals surface area (Å²) in [7, 11) is 0. The van der Waals surface area contributed by atoms with Gasteiger partial charge in [-0.25, -0.2) is 0 Å². The molecule has 0 saturated heterocycles. The van der Waals surface area contributed by atoms with Crippen molar-refractivity contribution in [1.82, 2.24) is 9.13 Å². The molecule has 0 spiro atoms. The molecule has 0 aliphatic heterocycles. The smallest absolute Gasteiger partial charge is 0.309 e. The Labute approximate surface area is 263 Å². The lowest BCUT2D eigenvalue weighted by Crippen LogP contribution is -2.08. The van der Waals surface area contributed by atoms with Crippen LogP contribution in [0, 0.1) is 25.2 Å². The normalized spacial score (nSPS) is 12.0. The second kappa shape index (κ2) is 10.1. The summed E-state index contributed by atoms with van der Waals surface area (Å²) in [5, 5.41) is 14.1. The number of aryl methyl sites for hydroxylation is 2. The van der Waals surface area contributed by atoms with E-state index in [1.54, 1.807) is 24.3 Å². The van der Waals surface area contributed by atoms with Crippen LogP contribution in [-0.2, 0) is 6.18 Å². The van der Waals surface area contributed by atoms with Crippen molar-refractivity contribution in [2.75, 3.05) is 0 Å². The first-order valence-electron chi connectivity index (χ1n) is 15.0. The molecule has 0 unspecified atom stereocenters. The van der Waals surface area contributed by atoms with Crippen LogP contribution in [0.3, 0.4) is 0 Å². The minimum atomic E-state index is -4.55. The van der Waals surface area contributed by atoms with E-state index in [1.807, 2.05) is 80.6 Å². The van der Waals surface area contributed by atoms with E-state index in [1.165, 1.54) is 6.07 Å². The molecule has 0 aliphatic rings. The zero-order valence-corrected chi connectivity index (χ0v) is 25.0. The predicted molar refractivity (Wildman–Crippen MR) is 180 cm³/mol. The number of hydrogen-bond acceptors (Lipinski definition) is 1. The third kappa shape index (κ3) is 4.20. The molecule has 0 amide bonds. The summed E-state index contributed by atoms with van der Waals surface area (Å²) < 4.78 is 47.3. The van der Waals surface area contributed by atoms with Gasteiger partial charge in [0.25, 0.3) is 0 Å². The van der Waals surface area contributed by atoms with Crippen molar-refractivity contribution >= 4 is 43.6 Å². The molecular weight excluding hydrogens is 579 g/mol. The van der Waals surface area contributed by atoms with Gasteiger partial charge in [0.1, 0.15) is 0 Å². The minimum Gasteiger partial charge on any atom is -0.309 e. The Morgan fingerprint density at radius 3 is 1.63 bits per heavy atom. The van der Waals surface area contributed by atoms with Gasteiger partial charge in [0.05, 0.1) is 50.6 Å². The highest BCUT2D eigenvalue weighted by molar-refractivity contribution is 6.11. The van der Waals surface area contributed by atoms with Gasteiger partial charge in [0, 0.05) is 32.7 Å². The Morgan fingerprint density at radius 1 is 0.522 bits per heavy atom. The molecule has 0 saturated carbocycles. The van der Waals surface area contributed by atoms with Crippen LogP contribution in [-0.4, -0.2) is 9.13 Å². The highest BCUT2D eigenvalue weighted by Gasteiger charge is 2.32. The van der Waals surface area contributed by atoms with Crippen molar-refractivity contribution in [3.8, 4) is 28.6 Å². The van der Waals surface area contributed by atoms with E-state index in [-0.39, 0.29) is 0 Å². The summed E-state index contributed by atoms with van der Waals surface area (Å²) in [4.78, 5) is 0. The number of rotatable bonds is 3. The molecule has 0 radical (unpaired) electrons. The van der Waals surface area contributed by atoms with Gasteiger partial charge in [0.15, 0.2) is 0 Å². The lowest BCUT2D eigenvalue weighted by Gasteiger charge is -2.20. The van der Waals surface area contributed by atoms with E-state index in [4.69, 9.17) is 0 Å². The SMILES string of the molecule is Cc1ccc2c(c1)c1ccccc1n2-c1ccc(C(F)(F)F)cc1-c1ccc(C#N)cc1-n1c2ccccc2c2cc(C)ccc21. The summed E-state index contributed by atoms with van der Waals surface area (Å²) >= 11 is 0. The maximum atomic E-state index is 14.4. The second-order valence-electron chi connectivity index (χ2n) is 11.8. The van der Waals surface area contributed by atoms with Gasteiger partial charge < -0.3 is 9.13 Å². The van der Waals surface area contributed by atoms with E-state index < -0.39 is 11.7 Å². The molecule has 46 heavy (non-hydrogen) atoms. The topological polar surface area (TPSA) is 33.6 Å². The van der Waals surface area contributed by atoms with Crippen molar-refractivity contribution < 1.29 is 13.2 Å². The van der Waals surface area contributed by atoms with Gasteiger partial charge in [-0.05, 0) is 80.6 Å². The molecule has 0 atom stereocenters. The largest absolute Gasteiger partial charge is 0.416 e. The van der Waals surface area contributed by atoms with E-state index >= 15 is 0 Å². The van der Waals surface area contributed by atoms with Crippen LogP contribution in [0.15, 0.2) is 121 Å². The molecule has 2 heterocycles. The lowest BCUT2D eigenvalue weighted by molar-refractivity contribution is -0.137. The Morgan fingerprint density at radius 2 is 1.07 bits per heavy atom. The van der Waals surface area contributed by atoms with Crippen LogP contribution in [0.5, 0.6) is 0 Å². The molecule has 0 bridgehead atoms. The Balaban J connectivity index is 1.53. The molecule has 0 fully saturated rings. The van der Waals surface area contributed by atoms with Crippen LogP contribution in [0.4, 0.5) is 13.2 Å². The lowest BCUT2D eigenvalue weighted by atomic mass is 9.97. The molecule has 8 rings (SSSR count). The van der Waals surface area contributed by atoms with E-state index in [2.05, 4.69) is 33.4 Å². The van der Waals surface area contributed by atoms with Gasteiger partial charge in [-0.15, -0.1) is 0 Å². The summed E-state index contributed by atoms with van der Waals surface area (Å²) in [5.74, 6) is 0. The Bertz CT molecular complexity index is 2560. The fraction of sp³-hybridized carbons (Fsp3) is 0.0750. The van der Waals surface area contributed by atoms with Crippen molar-refractivity contribution in [3.05, 3.63) is 144 Å². The monoisotopic (exact) mass is 605 g/mol. The molecular formula is C40H26F3N3. The van der Waals surface area contributed by atoms with Gasteiger partial charge in [-0.2, -0.15) is 18.4 Å². The highest BCUT2D eigenvalue weighted by atomic mass is 19.4. The van der Waals surface area contributed by atoms with E-state index in [0.717, 1.165) is 60.8 Å². The third-order valence-corrected chi connectivity index (χ3v) is 8.88. The number of aromatic nitrogens is 2. The molecule has 3 nitrogen and oxygen atoms in total. The summed E-state index contributed by atoms with van der Waals surface area (Å²) in [6, 6.07) is 39.8. The zero-order valence-electron chi connectivity index (χ0n) is 25.0. The molecule has 6 heteroatoms. The van der Waals surface area contributed by atoms with E-state index in [0.29, 0.717) is 28.1 Å². The van der Waals surface area contributed by atoms with Gasteiger partial charge in [-0.3, -0.25) is 0 Å². The fourth-order valence-corrected chi connectivity index (χ4v) is 6.83. The number of benzene rings is 6. The summed E-state index contributed by atoms with van der Waals surface area (Å²) in [6.07, 6.45) is -4.55. The molecule has 6 aromatic carbocycles. The van der Waals surface area contributed by atoms with Crippen molar-refractivity contribution in [1.29, 1.82) is 5.26 Å². The number of nitrogens with zero attached hydrogens (tertiary/aromatic N) is 3. The van der Waals surface area contributed by atoms with Gasteiger partial charge in [-0.1, -0.05) is 65.7 Å². The van der Waals surface area contributed by atoms with Crippen LogP contribution in [0.25, 0.3) is 66.1 Å². The molecule has 222 valence electrons. The quantitative estimate of drug-likeness (QED) is 0.197. The first kappa shape index (κ1) is 27.7. The maximum absolute atomic E-state index is 14.4. The Hall–Kier alpha value is -5.80. The maximum Gasteiger partial charge on any atom is 0.416 e. The number of hydrogen-bond donors (Lipinski definition) is 0. The number of nitriles is 1. The molecule has 0 aliphatic carbocycles. The highest BCUT2D eigenvalue weighted by Crippen LogP contribution is 2.43. The zero-order chi connectivity index (χ0) is 31.7. The molecule has 0 N–H and O–H groups in total. The fourth-order valence-electron chi connectivity index (χ4n) is 6.83. The Kier molecular flexibility index (Phi) is 6.10. The van der Waals surface area contributed by atoms with Crippen LogP contribution in [0.1, 0.15) is 22.3 Å². The standard InChI is InChI=1S/C40H26F3N3/c1-24-11-16-36-31(19-24)28-7-3-5-9-34(28)45(36)38-18-14-27(40(41,42)43)22-33(38)30-15-13-26(23-44)21-39(30)46-35-10-6-4-8-29(35)32-20-25(2)12-17-37(32)46/h3-22H,1-2H3. The second-order valence-corrected chi connectivity index (χ2v) is 11.8. The number of halogens is 3. The van der Waals surface area contributed by atoms with Crippen LogP contribution in [0.2, 0.25) is 0 Å². The van der Waals surface area contributed by atoms with E-state index in [9.17, 15) is 18.4 Å². The first-order valence-corrected chi connectivity index (χ1v) is 15.0. The average molecular weight is 606 g/mol. The van der Waals surface area contributed by atoms with Crippen molar-refractivity contribution in [3.63, 3.8) is 0 Å². The number of para-hydroxylation sites is 2. The minimum absolute atomic E-state index is 0.413. The van der Waals surface area contributed by atoms with Crippen molar-refractivity contribution in [2.45, 2.75) is 20.0 Å². The van der Waals surface area contributed by atoms with Crippen LogP contribution < -0.4 is 0 Å². The van der Waals surface area contributed by atoms with Crippen LogP contribution >= 0.6 is 0 Å². The molecule has 2 aromatic heterocycles. The first-order chi connectivity index (χ1) is 22.2. The summed E-state index contributed by atoms with van der Waals surface area (Å²) in [5.41, 5.74) is 7.72. The van der Waals surface area contributed by atoms with Gasteiger partial charge >= 0.3 is 6.18 Å². The van der Waals surface area contributed by atoms with Gasteiger partial charge in [0.2, 0.25) is 0 Å². The third-order valence-electron chi connectivity index (χ3n) is 8.88. The summed E-state index contributed by atoms with van der Waals surface area (Å²) in [6.45, 7) is 4.07. The average Bonchev–Trinajstić information content (AvgIpc) is 3.56. The molecule has 8 aromatic rings.